The lowest BCUT2D eigenvalue weighted by atomic mass is 10.0. The van der Waals surface area contributed by atoms with Crippen molar-refractivity contribution >= 4 is 11.7 Å². The van der Waals surface area contributed by atoms with Crippen molar-refractivity contribution in [1.29, 1.82) is 0 Å². The van der Waals surface area contributed by atoms with E-state index in [1.165, 1.54) is 5.56 Å². The van der Waals surface area contributed by atoms with E-state index in [4.69, 9.17) is 5.73 Å². The van der Waals surface area contributed by atoms with Crippen LogP contribution in [0.2, 0.25) is 0 Å². The standard InChI is InChI=1S/C17H18N4O.C8H12N2/c1-21-12-15(11-19-21)14-7-8-16(18-10-14)20-17(22)9-13-5-3-2-4-6-13;1-7-2-3-8(4-5-9)6-10-7/h3,5-8,10-12H,2,4,9H2,1H3,(H,18,20,22);2-3,6H,4-5,9H2,1H3. The second kappa shape index (κ2) is 11.7. The molecule has 0 fully saturated rings. The maximum atomic E-state index is 12.0. The van der Waals surface area contributed by atoms with Crippen molar-refractivity contribution < 1.29 is 4.79 Å². The monoisotopic (exact) mass is 430 g/mol. The van der Waals surface area contributed by atoms with Gasteiger partial charge < -0.3 is 11.1 Å². The molecule has 1 amide bonds. The number of allylic oxidation sites excluding steroid dienone is 3. The van der Waals surface area contributed by atoms with Gasteiger partial charge in [-0.25, -0.2) is 4.98 Å². The van der Waals surface area contributed by atoms with Crippen LogP contribution in [0.5, 0.6) is 0 Å². The van der Waals surface area contributed by atoms with Crippen LogP contribution in [0.15, 0.2) is 72.9 Å². The van der Waals surface area contributed by atoms with E-state index in [2.05, 4.69) is 38.6 Å². The second-order valence-corrected chi connectivity index (χ2v) is 7.67. The maximum absolute atomic E-state index is 12.0. The summed E-state index contributed by atoms with van der Waals surface area (Å²) in [5.74, 6) is 0.525. The van der Waals surface area contributed by atoms with Crippen LogP contribution in [0.4, 0.5) is 5.82 Å². The molecule has 3 aromatic heterocycles. The van der Waals surface area contributed by atoms with Crippen LogP contribution < -0.4 is 11.1 Å². The first-order chi connectivity index (χ1) is 15.5. The Bertz CT molecular complexity index is 1060. The Morgan fingerprint density at radius 1 is 1.09 bits per heavy atom. The Balaban J connectivity index is 0.000000243. The van der Waals surface area contributed by atoms with Gasteiger partial charge in [-0.1, -0.05) is 24.3 Å². The van der Waals surface area contributed by atoms with Gasteiger partial charge >= 0.3 is 0 Å². The van der Waals surface area contributed by atoms with E-state index >= 15 is 0 Å². The van der Waals surface area contributed by atoms with Crippen LogP contribution in [-0.2, 0) is 18.3 Å². The highest BCUT2D eigenvalue weighted by Gasteiger charge is 2.07. The van der Waals surface area contributed by atoms with Gasteiger partial charge in [0.2, 0.25) is 5.91 Å². The molecule has 0 bridgehead atoms. The highest BCUT2D eigenvalue weighted by Crippen LogP contribution is 2.19. The fourth-order valence-corrected chi connectivity index (χ4v) is 3.19. The Morgan fingerprint density at radius 2 is 1.97 bits per heavy atom. The summed E-state index contributed by atoms with van der Waals surface area (Å²) >= 11 is 0. The number of carbonyl (C=O) groups is 1. The number of nitrogens with zero attached hydrogens (tertiary/aromatic N) is 4. The van der Waals surface area contributed by atoms with Crippen LogP contribution in [0.3, 0.4) is 0 Å². The molecule has 1 aliphatic carbocycles. The van der Waals surface area contributed by atoms with Crippen molar-refractivity contribution in [3.05, 3.63) is 84.1 Å². The molecule has 1 aliphatic rings. The van der Waals surface area contributed by atoms with Gasteiger partial charge in [0.1, 0.15) is 5.82 Å². The van der Waals surface area contributed by atoms with Gasteiger partial charge in [0.05, 0.1) is 12.6 Å². The summed E-state index contributed by atoms with van der Waals surface area (Å²) in [6.45, 7) is 2.68. The molecule has 3 N–H and O–H groups in total. The first-order valence-electron chi connectivity index (χ1n) is 10.8. The van der Waals surface area contributed by atoms with Gasteiger partial charge in [0.25, 0.3) is 0 Å². The van der Waals surface area contributed by atoms with Gasteiger partial charge in [0.15, 0.2) is 0 Å². The molecule has 0 aromatic carbocycles. The summed E-state index contributed by atoms with van der Waals surface area (Å²) in [6, 6.07) is 7.81. The zero-order valence-corrected chi connectivity index (χ0v) is 18.7. The maximum Gasteiger partial charge on any atom is 0.229 e. The minimum absolute atomic E-state index is 0.0422. The molecule has 32 heavy (non-hydrogen) atoms. The molecule has 7 nitrogen and oxygen atoms in total. The molecule has 4 rings (SSSR count). The Hall–Kier alpha value is -3.58. The lowest BCUT2D eigenvalue weighted by Gasteiger charge is -2.08. The van der Waals surface area contributed by atoms with Gasteiger partial charge in [0, 0.05) is 42.5 Å². The minimum atomic E-state index is -0.0422. The molecular formula is C25H30N6O. The number of rotatable bonds is 6. The molecule has 0 saturated carbocycles. The van der Waals surface area contributed by atoms with Crippen LogP contribution in [0, 0.1) is 6.92 Å². The molecule has 0 radical (unpaired) electrons. The van der Waals surface area contributed by atoms with E-state index in [0.717, 1.165) is 41.7 Å². The van der Waals surface area contributed by atoms with Gasteiger partial charge in [-0.2, -0.15) is 5.10 Å². The van der Waals surface area contributed by atoms with Crippen molar-refractivity contribution in [3.8, 4) is 11.1 Å². The summed E-state index contributed by atoms with van der Waals surface area (Å²) in [4.78, 5) is 20.4. The topological polar surface area (TPSA) is 98.7 Å². The van der Waals surface area contributed by atoms with Crippen molar-refractivity contribution in [2.45, 2.75) is 32.6 Å². The van der Waals surface area contributed by atoms with E-state index in [9.17, 15) is 4.79 Å². The molecule has 3 aromatic rings. The first-order valence-corrected chi connectivity index (χ1v) is 10.8. The van der Waals surface area contributed by atoms with Crippen LogP contribution in [-0.4, -0.2) is 32.2 Å². The molecule has 0 unspecified atom stereocenters. The summed E-state index contributed by atoms with van der Waals surface area (Å²) < 4.78 is 1.75. The first kappa shape index (κ1) is 23.1. The molecule has 7 heteroatoms. The molecule has 0 atom stereocenters. The smallest absolute Gasteiger partial charge is 0.229 e. The normalized spacial score (nSPS) is 12.5. The summed E-state index contributed by atoms with van der Waals surface area (Å²) in [5, 5.41) is 6.96. The average Bonchev–Trinajstić information content (AvgIpc) is 3.23. The number of amides is 1. The Morgan fingerprint density at radius 3 is 2.56 bits per heavy atom. The summed E-state index contributed by atoms with van der Waals surface area (Å²) in [5.41, 5.74) is 10.7. The zero-order valence-electron chi connectivity index (χ0n) is 18.7. The van der Waals surface area contributed by atoms with Gasteiger partial charge in [-0.05, 0) is 62.1 Å². The number of pyridine rings is 2. The van der Waals surface area contributed by atoms with E-state index in [0.29, 0.717) is 18.8 Å². The highest BCUT2D eigenvalue weighted by molar-refractivity contribution is 5.91. The predicted octanol–water partition coefficient (Wildman–Crippen LogP) is 3.98. The third-order valence-electron chi connectivity index (χ3n) is 4.91. The zero-order chi connectivity index (χ0) is 22.8. The Labute approximate surface area is 189 Å². The SMILES string of the molecule is Cc1ccc(CCN)cn1.Cn1cc(-c2ccc(NC(=O)CC3=CCCC=C3)nc2)cn1. The number of carbonyl (C=O) groups excluding carboxylic acids is 1. The summed E-state index contributed by atoms with van der Waals surface area (Å²) in [6.07, 6.45) is 16.9. The minimum Gasteiger partial charge on any atom is -0.330 e. The van der Waals surface area contributed by atoms with Crippen molar-refractivity contribution in [2.24, 2.45) is 12.8 Å². The number of aryl methyl sites for hydroxylation is 2. The highest BCUT2D eigenvalue weighted by atomic mass is 16.1. The van der Waals surface area contributed by atoms with E-state index < -0.39 is 0 Å². The van der Waals surface area contributed by atoms with Crippen LogP contribution in [0.25, 0.3) is 11.1 Å². The predicted molar refractivity (Wildman–Crippen MR) is 128 cm³/mol. The Kier molecular flexibility index (Phi) is 8.45. The molecule has 3 heterocycles. The van der Waals surface area contributed by atoms with Crippen LogP contribution >= 0.6 is 0 Å². The lowest BCUT2D eigenvalue weighted by molar-refractivity contribution is -0.115. The number of hydrogen-bond acceptors (Lipinski definition) is 5. The molecule has 0 spiro atoms. The van der Waals surface area contributed by atoms with Gasteiger partial charge in [-0.15, -0.1) is 0 Å². The lowest BCUT2D eigenvalue weighted by Crippen LogP contribution is -2.13. The van der Waals surface area contributed by atoms with E-state index in [-0.39, 0.29) is 5.91 Å². The number of nitrogens with two attached hydrogens (primary N) is 1. The quantitative estimate of drug-likeness (QED) is 0.616. The third-order valence-corrected chi connectivity index (χ3v) is 4.91. The molecule has 0 aliphatic heterocycles. The number of aromatic nitrogens is 4. The average molecular weight is 431 g/mol. The fourth-order valence-electron chi connectivity index (χ4n) is 3.19. The third kappa shape index (κ3) is 7.28. The van der Waals surface area contributed by atoms with Crippen molar-refractivity contribution in [1.82, 2.24) is 19.7 Å². The van der Waals surface area contributed by atoms with Crippen molar-refractivity contribution in [3.63, 3.8) is 0 Å². The summed E-state index contributed by atoms with van der Waals surface area (Å²) in [7, 11) is 1.87. The number of nitrogens with one attached hydrogen (secondary N) is 1. The van der Waals surface area contributed by atoms with Crippen LogP contribution in [0.1, 0.15) is 30.5 Å². The van der Waals surface area contributed by atoms with E-state index in [1.54, 1.807) is 17.1 Å². The molecular weight excluding hydrogens is 400 g/mol. The van der Waals surface area contributed by atoms with E-state index in [1.807, 2.05) is 50.6 Å². The largest absolute Gasteiger partial charge is 0.330 e. The molecule has 166 valence electrons. The second-order valence-electron chi connectivity index (χ2n) is 7.67. The van der Waals surface area contributed by atoms with Crippen molar-refractivity contribution in [2.75, 3.05) is 11.9 Å². The number of anilines is 1. The molecule has 0 saturated heterocycles. The van der Waals surface area contributed by atoms with Gasteiger partial charge in [-0.3, -0.25) is 14.5 Å². The fraction of sp³-hybridized carbons (Fsp3) is 0.280. The number of hydrogen-bond donors (Lipinski definition) is 2.